The smallest absolute Gasteiger partial charge is 0.421 e. The van der Waals surface area contributed by atoms with Crippen molar-refractivity contribution in [2.24, 2.45) is 0 Å². The molecule has 0 aliphatic rings. The number of ether oxygens (including phenoxy) is 1. The number of nitrogens with one attached hydrogen (secondary N) is 2. The van der Waals surface area contributed by atoms with Crippen LogP contribution in [-0.2, 0) is 6.18 Å². The van der Waals surface area contributed by atoms with E-state index in [2.05, 4.69) is 34.4 Å². The van der Waals surface area contributed by atoms with Crippen molar-refractivity contribution in [1.29, 1.82) is 0 Å². The Labute approximate surface area is 186 Å². The molecule has 1 aromatic heterocycles. The van der Waals surface area contributed by atoms with Gasteiger partial charge in [0.2, 0.25) is 5.95 Å². The summed E-state index contributed by atoms with van der Waals surface area (Å²) in [6.45, 7) is 6.69. The van der Waals surface area contributed by atoms with E-state index in [-0.39, 0.29) is 11.8 Å². The summed E-state index contributed by atoms with van der Waals surface area (Å²) in [5.74, 6) is 0.552. The van der Waals surface area contributed by atoms with E-state index in [1.807, 2.05) is 31.2 Å². The number of anilines is 4. The van der Waals surface area contributed by atoms with E-state index in [4.69, 9.17) is 4.74 Å². The van der Waals surface area contributed by atoms with Gasteiger partial charge in [-0.1, -0.05) is 51.5 Å². The Hall–Kier alpha value is -3.29. The van der Waals surface area contributed by atoms with Gasteiger partial charge in [-0.2, -0.15) is 18.2 Å². The minimum Gasteiger partial charge on any atom is -0.491 e. The molecule has 0 saturated heterocycles. The maximum atomic E-state index is 13.6. The van der Waals surface area contributed by atoms with Gasteiger partial charge < -0.3 is 15.4 Å². The van der Waals surface area contributed by atoms with Crippen LogP contribution < -0.4 is 15.4 Å². The summed E-state index contributed by atoms with van der Waals surface area (Å²) < 4.78 is 46.6. The van der Waals surface area contributed by atoms with E-state index in [9.17, 15) is 13.2 Å². The van der Waals surface area contributed by atoms with E-state index >= 15 is 0 Å². The van der Waals surface area contributed by atoms with Crippen LogP contribution in [0.1, 0.15) is 50.7 Å². The molecule has 5 nitrogen and oxygen atoms in total. The number of hydrogen-bond donors (Lipinski definition) is 2. The third-order valence-corrected chi connectivity index (χ3v) is 4.82. The minimum atomic E-state index is -4.61. The fraction of sp³-hybridized carbons (Fsp3) is 0.333. The summed E-state index contributed by atoms with van der Waals surface area (Å²) >= 11 is 0. The molecule has 0 radical (unpaired) electrons. The predicted molar refractivity (Wildman–Crippen MR) is 121 cm³/mol. The highest BCUT2D eigenvalue weighted by molar-refractivity contribution is 5.67. The molecule has 0 aliphatic carbocycles. The molecule has 3 rings (SSSR count). The van der Waals surface area contributed by atoms with Gasteiger partial charge in [0.15, 0.2) is 0 Å². The fourth-order valence-electron chi connectivity index (χ4n) is 2.98. The fourth-order valence-corrected chi connectivity index (χ4v) is 2.98. The zero-order valence-electron chi connectivity index (χ0n) is 18.3. The van der Waals surface area contributed by atoms with Crippen molar-refractivity contribution >= 4 is 23.1 Å². The summed E-state index contributed by atoms with van der Waals surface area (Å²) in [5, 5.41) is 5.76. The second kappa shape index (κ2) is 10.3. The quantitative estimate of drug-likeness (QED) is 0.340. The number of rotatable bonds is 9. The van der Waals surface area contributed by atoms with Crippen molar-refractivity contribution in [2.45, 2.75) is 45.7 Å². The van der Waals surface area contributed by atoms with Gasteiger partial charge in [0.1, 0.15) is 17.1 Å². The topological polar surface area (TPSA) is 59.1 Å². The number of alkyl halides is 3. The standard InChI is InChI=1S/C24H27F3N4O/c1-4-5-14-32-21-9-7-6-8-20(21)30-22-19(24(25,26)27)15-28-23(31-22)29-18-12-10-17(11-13-18)16(2)3/h6-13,15-16H,4-5,14H2,1-3H3,(H2,28,29,30,31). The molecule has 0 fully saturated rings. The second-order valence-electron chi connectivity index (χ2n) is 7.68. The molecule has 0 bridgehead atoms. The van der Waals surface area contributed by atoms with Crippen molar-refractivity contribution in [3.05, 3.63) is 65.9 Å². The van der Waals surface area contributed by atoms with Crippen molar-refractivity contribution in [1.82, 2.24) is 9.97 Å². The third-order valence-electron chi connectivity index (χ3n) is 4.82. The number of hydrogen-bond acceptors (Lipinski definition) is 5. The van der Waals surface area contributed by atoms with E-state index in [1.165, 1.54) is 0 Å². The van der Waals surface area contributed by atoms with Crippen molar-refractivity contribution in [3.63, 3.8) is 0 Å². The molecular formula is C24H27F3N4O. The Bertz CT molecular complexity index is 1020. The number of aromatic nitrogens is 2. The normalized spacial score (nSPS) is 11.5. The minimum absolute atomic E-state index is 0.0576. The lowest BCUT2D eigenvalue weighted by Crippen LogP contribution is -2.13. The maximum Gasteiger partial charge on any atom is 0.421 e. The van der Waals surface area contributed by atoms with Crippen LogP contribution in [0.25, 0.3) is 0 Å². The molecule has 8 heteroatoms. The second-order valence-corrected chi connectivity index (χ2v) is 7.68. The molecule has 0 atom stereocenters. The molecule has 3 aromatic rings. The monoisotopic (exact) mass is 444 g/mol. The van der Waals surface area contributed by atoms with Crippen LogP contribution >= 0.6 is 0 Å². The summed E-state index contributed by atoms with van der Waals surface area (Å²) in [6, 6.07) is 14.5. The van der Waals surface area contributed by atoms with Crippen LogP contribution in [0.2, 0.25) is 0 Å². The first kappa shape index (κ1) is 23.4. The SMILES string of the molecule is CCCCOc1ccccc1Nc1nc(Nc2ccc(C(C)C)cc2)ncc1C(F)(F)F. The molecule has 2 N–H and O–H groups in total. The molecule has 2 aromatic carbocycles. The first-order valence-corrected chi connectivity index (χ1v) is 10.6. The Morgan fingerprint density at radius 2 is 1.72 bits per heavy atom. The Morgan fingerprint density at radius 3 is 2.38 bits per heavy atom. The average Bonchev–Trinajstić information content (AvgIpc) is 2.75. The lowest BCUT2D eigenvalue weighted by atomic mass is 10.0. The van der Waals surface area contributed by atoms with Crippen LogP contribution in [-0.4, -0.2) is 16.6 Å². The number of halogens is 3. The molecule has 32 heavy (non-hydrogen) atoms. The zero-order valence-corrected chi connectivity index (χ0v) is 18.3. The first-order chi connectivity index (χ1) is 15.3. The van der Waals surface area contributed by atoms with Crippen LogP contribution in [0.5, 0.6) is 5.75 Å². The molecular weight excluding hydrogens is 417 g/mol. The molecule has 0 saturated carbocycles. The van der Waals surface area contributed by atoms with E-state index in [1.54, 1.807) is 24.3 Å². The number of benzene rings is 2. The summed E-state index contributed by atoms with van der Waals surface area (Å²) in [5.41, 5.74) is 1.29. The van der Waals surface area contributed by atoms with Gasteiger partial charge in [-0.15, -0.1) is 0 Å². The summed E-state index contributed by atoms with van der Waals surface area (Å²) in [7, 11) is 0. The van der Waals surface area contributed by atoms with Crippen molar-refractivity contribution in [3.8, 4) is 5.75 Å². The van der Waals surface area contributed by atoms with Crippen LogP contribution in [0.3, 0.4) is 0 Å². The first-order valence-electron chi connectivity index (χ1n) is 10.6. The summed E-state index contributed by atoms with van der Waals surface area (Å²) in [6.07, 6.45) is -2.04. The lowest BCUT2D eigenvalue weighted by Gasteiger charge is -2.17. The van der Waals surface area contributed by atoms with Gasteiger partial charge in [0.25, 0.3) is 0 Å². The van der Waals surface area contributed by atoms with Crippen LogP contribution in [0, 0.1) is 0 Å². The van der Waals surface area contributed by atoms with Crippen LogP contribution in [0.15, 0.2) is 54.7 Å². The predicted octanol–water partition coefficient (Wildman–Crippen LogP) is 7.28. The molecule has 1 heterocycles. The Kier molecular flexibility index (Phi) is 7.56. The maximum absolute atomic E-state index is 13.6. The number of unbranched alkanes of at least 4 members (excludes halogenated alkanes) is 1. The molecule has 0 unspecified atom stereocenters. The molecule has 0 spiro atoms. The van der Waals surface area contributed by atoms with Gasteiger partial charge >= 0.3 is 6.18 Å². The Balaban J connectivity index is 1.89. The molecule has 0 amide bonds. The Morgan fingerprint density at radius 1 is 1.00 bits per heavy atom. The van der Waals surface area contributed by atoms with Gasteiger partial charge in [-0.05, 0) is 42.2 Å². The third kappa shape index (κ3) is 6.12. The van der Waals surface area contributed by atoms with Gasteiger partial charge in [-0.25, -0.2) is 4.98 Å². The van der Waals surface area contributed by atoms with E-state index < -0.39 is 11.7 Å². The number of nitrogens with zero attached hydrogens (tertiary/aromatic N) is 2. The number of para-hydroxylation sites is 2. The zero-order chi connectivity index (χ0) is 23.1. The largest absolute Gasteiger partial charge is 0.491 e. The van der Waals surface area contributed by atoms with Crippen molar-refractivity contribution < 1.29 is 17.9 Å². The van der Waals surface area contributed by atoms with Crippen molar-refractivity contribution in [2.75, 3.05) is 17.2 Å². The highest BCUT2D eigenvalue weighted by atomic mass is 19.4. The van der Waals surface area contributed by atoms with Gasteiger partial charge in [0, 0.05) is 11.9 Å². The highest BCUT2D eigenvalue weighted by Gasteiger charge is 2.35. The highest BCUT2D eigenvalue weighted by Crippen LogP contribution is 2.37. The lowest BCUT2D eigenvalue weighted by molar-refractivity contribution is -0.137. The molecule has 0 aliphatic heterocycles. The molecule has 170 valence electrons. The summed E-state index contributed by atoms with van der Waals surface area (Å²) in [4.78, 5) is 7.99. The van der Waals surface area contributed by atoms with Gasteiger partial charge in [-0.3, -0.25) is 0 Å². The average molecular weight is 445 g/mol. The van der Waals surface area contributed by atoms with E-state index in [0.29, 0.717) is 29.6 Å². The van der Waals surface area contributed by atoms with E-state index in [0.717, 1.165) is 24.6 Å². The van der Waals surface area contributed by atoms with Crippen LogP contribution in [0.4, 0.5) is 36.3 Å². The van der Waals surface area contributed by atoms with Gasteiger partial charge in [0.05, 0.1) is 12.3 Å².